The van der Waals surface area contributed by atoms with Crippen LogP contribution in [0.2, 0.25) is 5.28 Å². The third-order valence-corrected chi connectivity index (χ3v) is 2.74. The number of fused-ring (bicyclic) bond motifs is 1. The van der Waals surface area contributed by atoms with Crippen LogP contribution in [0.25, 0.3) is 11.2 Å². The smallest absolute Gasteiger partial charge is 0.303 e. The average Bonchev–Trinajstić information content (AvgIpc) is 2.88. The van der Waals surface area contributed by atoms with Crippen molar-refractivity contribution in [2.24, 2.45) is 0 Å². The highest BCUT2D eigenvalue weighted by atomic mass is 35.5. The zero-order chi connectivity index (χ0) is 13.2. The molecule has 0 spiro atoms. The Morgan fingerprint density at radius 1 is 1.26 bits per heavy atom. The molecular formula is C12H9ClN5O+. The van der Waals surface area contributed by atoms with Gasteiger partial charge in [0, 0.05) is 5.56 Å². The Kier molecular flexibility index (Phi) is 2.85. The maximum Gasteiger partial charge on any atom is 0.306 e. The lowest BCUT2D eigenvalue weighted by Gasteiger charge is -2.03. The molecule has 94 valence electrons. The first-order valence-electron chi connectivity index (χ1n) is 5.53. The number of amides is 1. The Bertz CT molecular complexity index is 740. The third kappa shape index (κ3) is 2.25. The van der Waals surface area contributed by atoms with Gasteiger partial charge in [-0.3, -0.25) is 9.78 Å². The summed E-state index contributed by atoms with van der Waals surface area (Å²) in [4.78, 5) is 25.8. The Labute approximate surface area is 112 Å². The fourth-order valence-corrected chi connectivity index (χ4v) is 1.88. The minimum Gasteiger partial charge on any atom is -0.303 e. The topological polar surface area (TPSA) is 84.8 Å². The second-order valence-electron chi connectivity index (χ2n) is 3.82. The van der Waals surface area contributed by atoms with Crippen molar-refractivity contribution in [3.8, 4) is 0 Å². The molecule has 1 amide bonds. The number of aromatic amines is 2. The number of nitrogens with one attached hydrogen (secondary N) is 3. The van der Waals surface area contributed by atoms with Gasteiger partial charge in [-0.05, 0) is 23.7 Å². The number of aromatic nitrogens is 4. The molecule has 0 aliphatic heterocycles. The van der Waals surface area contributed by atoms with E-state index in [-0.39, 0.29) is 11.2 Å². The lowest BCUT2D eigenvalue weighted by atomic mass is 10.2. The van der Waals surface area contributed by atoms with Gasteiger partial charge >= 0.3 is 10.9 Å². The van der Waals surface area contributed by atoms with E-state index in [0.29, 0.717) is 22.5 Å². The van der Waals surface area contributed by atoms with Crippen molar-refractivity contribution in [1.82, 2.24) is 15.0 Å². The zero-order valence-electron chi connectivity index (χ0n) is 9.64. The van der Waals surface area contributed by atoms with Gasteiger partial charge in [-0.1, -0.05) is 23.2 Å². The van der Waals surface area contributed by atoms with Crippen LogP contribution in [0.3, 0.4) is 0 Å². The lowest BCUT2D eigenvalue weighted by molar-refractivity contribution is -0.347. The summed E-state index contributed by atoms with van der Waals surface area (Å²) < 4.78 is 0. The highest BCUT2D eigenvalue weighted by Crippen LogP contribution is 2.17. The zero-order valence-corrected chi connectivity index (χ0v) is 10.4. The second-order valence-corrected chi connectivity index (χ2v) is 4.16. The number of rotatable bonds is 2. The highest BCUT2D eigenvalue weighted by molar-refractivity contribution is 6.28. The van der Waals surface area contributed by atoms with E-state index >= 15 is 0 Å². The van der Waals surface area contributed by atoms with Crippen molar-refractivity contribution in [1.29, 1.82) is 0 Å². The summed E-state index contributed by atoms with van der Waals surface area (Å²) in [5.74, 6) is 0.0800. The Morgan fingerprint density at radius 3 is 2.84 bits per heavy atom. The maximum atomic E-state index is 12.1. The number of H-pyrrole nitrogens is 2. The van der Waals surface area contributed by atoms with E-state index in [0.717, 1.165) is 0 Å². The quantitative estimate of drug-likeness (QED) is 0.697. The minimum absolute atomic E-state index is 0.0618. The van der Waals surface area contributed by atoms with E-state index in [9.17, 15) is 4.79 Å². The van der Waals surface area contributed by atoms with Gasteiger partial charge in [-0.25, -0.2) is 4.98 Å². The van der Waals surface area contributed by atoms with Crippen molar-refractivity contribution in [3.05, 3.63) is 47.5 Å². The largest absolute Gasteiger partial charge is 0.306 e. The van der Waals surface area contributed by atoms with Crippen molar-refractivity contribution in [2.75, 3.05) is 5.32 Å². The van der Waals surface area contributed by atoms with Gasteiger partial charge in [0.05, 0.1) is 0 Å². The number of carbonyl (C=O) groups is 1. The van der Waals surface area contributed by atoms with Gasteiger partial charge in [0.15, 0.2) is 12.1 Å². The molecule has 3 rings (SSSR count). The van der Waals surface area contributed by atoms with Gasteiger partial charge < -0.3 is 5.32 Å². The molecule has 2 aromatic heterocycles. The number of halogens is 1. The van der Waals surface area contributed by atoms with Crippen molar-refractivity contribution < 1.29 is 9.78 Å². The number of anilines is 1. The number of carbonyl (C=O) groups excluding carboxylic acids is 1. The molecule has 3 aromatic rings. The minimum atomic E-state index is -0.258. The van der Waals surface area contributed by atoms with Crippen LogP contribution in [0.1, 0.15) is 10.4 Å². The fourth-order valence-electron chi connectivity index (χ4n) is 1.71. The molecule has 19 heavy (non-hydrogen) atoms. The van der Waals surface area contributed by atoms with E-state index in [1.165, 1.54) is 0 Å². The van der Waals surface area contributed by atoms with Crippen LogP contribution in [0, 0.1) is 0 Å². The van der Waals surface area contributed by atoms with Gasteiger partial charge in [0.2, 0.25) is 5.52 Å². The van der Waals surface area contributed by atoms with Crippen LogP contribution in [0.15, 0.2) is 36.7 Å². The number of hydrogen-bond donors (Lipinski definition) is 2. The highest BCUT2D eigenvalue weighted by Gasteiger charge is 2.17. The molecule has 7 heteroatoms. The molecule has 6 nitrogen and oxygen atoms in total. The molecule has 0 aliphatic rings. The number of nitrogens with zero attached hydrogens (tertiary/aromatic N) is 2. The van der Waals surface area contributed by atoms with Crippen LogP contribution in [-0.2, 0) is 0 Å². The van der Waals surface area contributed by atoms with Crippen molar-refractivity contribution in [3.63, 3.8) is 0 Å². The molecule has 0 bridgehead atoms. The molecule has 0 fully saturated rings. The summed E-state index contributed by atoms with van der Waals surface area (Å²) in [5.41, 5.74) is 1.66. The molecule has 0 saturated carbocycles. The number of hydrogen-bond acceptors (Lipinski definition) is 3. The first kappa shape index (κ1) is 11.6. The Balaban J connectivity index is 1.97. The Hall–Kier alpha value is -2.47. The summed E-state index contributed by atoms with van der Waals surface area (Å²) in [6.07, 6.45) is 1.59. The fraction of sp³-hybridized carbons (Fsp3) is 0. The van der Waals surface area contributed by atoms with Gasteiger partial charge in [-0.15, -0.1) is 0 Å². The molecule has 0 saturated heterocycles. The van der Waals surface area contributed by atoms with Crippen molar-refractivity contribution in [2.45, 2.75) is 0 Å². The molecule has 0 atom stereocenters. The van der Waals surface area contributed by atoms with E-state index < -0.39 is 0 Å². The standard InChI is InChI=1S/C12H8ClN5O/c13-12-17-9-8(14-6-15-9)10(18-12)16-11(19)7-4-2-1-3-5-7/h1-6H,(H2,14,15,16,17,18,19)/p+1. The van der Waals surface area contributed by atoms with E-state index in [1.54, 1.807) is 30.6 Å². The van der Waals surface area contributed by atoms with E-state index in [2.05, 4.69) is 25.3 Å². The summed E-state index contributed by atoms with van der Waals surface area (Å²) in [6, 6.07) is 8.86. The van der Waals surface area contributed by atoms with Gasteiger partial charge in [-0.2, -0.15) is 4.98 Å². The molecule has 3 N–H and O–H groups in total. The van der Waals surface area contributed by atoms with Crippen LogP contribution < -0.4 is 10.3 Å². The van der Waals surface area contributed by atoms with Crippen LogP contribution in [0.5, 0.6) is 0 Å². The number of benzene rings is 1. The summed E-state index contributed by atoms with van der Waals surface area (Å²) in [5, 5.41) is 2.76. The first-order valence-corrected chi connectivity index (χ1v) is 5.90. The molecule has 1 aromatic carbocycles. The van der Waals surface area contributed by atoms with Gasteiger partial charge in [0.25, 0.3) is 5.91 Å². The molecule has 0 radical (unpaired) electrons. The van der Waals surface area contributed by atoms with Crippen LogP contribution in [0.4, 0.5) is 5.82 Å². The SMILES string of the molecule is O=C(Nc1nc(Cl)nc2[nH+]c[nH]c12)c1ccccc1. The molecule has 0 unspecified atom stereocenters. The summed E-state index contributed by atoms with van der Waals surface area (Å²) in [7, 11) is 0. The summed E-state index contributed by atoms with van der Waals surface area (Å²) >= 11 is 5.80. The predicted molar refractivity (Wildman–Crippen MR) is 69.8 cm³/mol. The van der Waals surface area contributed by atoms with E-state index in [4.69, 9.17) is 11.6 Å². The van der Waals surface area contributed by atoms with Crippen molar-refractivity contribution >= 4 is 34.5 Å². The lowest BCUT2D eigenvalue weighted by Crippen LogP contribution is -2.14. The van der Waals surface area contributed by atoms with Gasteiger partial charge in [0.1, 0.15) is 0 Å². The first-order chi connectivity index (χ1) is 9.24. The maximum absolute atomic E-state index is 12.1. The molecule has 2 heterocycles. The third-order valence-electron chi connectivity index (χ3n) is 2.58. The second kappa shape index (κ2) is 4.66. The average molecular weight is 275 g/mol. The summed E-state index contributed by atoms with van der Waals surface area (Å²) in [6.45, 7) is 0. The van der Waals surface area contributed by atoms with Crippen LogP contribution in [-0.4, -0.2) is 20.9 Å². The normalized spacial score (nSPS) is 10.6. The monoisotopic (exact) mass is 274 g/mol. The molecular weight excluding hydrogens is 266 g/mol. The van der Waals surface area contributed by atoms with E-state index in [1.807, 2.05) is 6.07 Å². The Morgan fingerprint density at radius 2 is 2.05 bits per heavy atom. The predicted octanol–water partition coefficient (Wildman–Crippen LogP) is 1.68. The van der Waals surface area contributed by atoms with Crippen LogP contribution >= 0.6 is 11.6 Å². The number of imidazole rings is 1. The molecule has 0 aliphatic carbocycles.